The van der Waals surface area contributed by atoms with E-state index in [0.29, 0.717) is 5.56 Å². The standard InChI is InChI=1S/C15H14O2/c1-11(12-6-3-2-4-7-12)13-8-5-9-14(10-13)15(16)17/h2-11H,1H3,(H,16,17). The molecule has 0 aliphatic rings. The number of carboxylic acid groups (broad SMARTS) is 1. The van der Waals surface area contributed by atoms with Gasteiger partial charge in [-0.15, -0.1) is 0 Å². The maximum atomic E-state index is 10.9. The Kier molecular flexibility index (Phi) is 3.24. The fourth-order valence-electron chi connectivity index (χ4n) is 1.88. The van der Waals surface area contributed by atoms with Crippen molar-refractivity contribution in [3.63, 3.8) is 0 Å². The maximum Gasteiger partial charge on any atom is 0.335 e. The smallest absolute Gasteiger partial charge is 0.335 e. The van der Waals surface area contributed by atoms with Gasteiger partial charge in [0.2, 0.25) is 0 Å². The predicted octanol–water partition coefficient (Wildman–Crippen LogP) is 3.54. The van der Waals surface area contributed by atoms with Crippen molar-refractivity contribution in [1.29, 1.82) is 0 Å². The fourth-order valence-corrected chi connectivity index (χ4v) is 1.88. The summed E-state index contributed by atoms with van der Waals surface area (Å²) in [5.74, 6) is -0.678. The average Bonchev–Trinajstić information content (AvgIpc) is 2.39. The van der Waals surface area contributed by atoms with E-state index in [2.05, 4.69) is 19.1 Å². The first-order chi connectivity index (χ1) is 8.18. The molecule has 1 unspecified atom stereocenters. The highest BCUT2D eigenvalue weighted by Crippen LogP contribution is 2.24. The van der Waals surface area contributed by atoms with E-state index in [1.807, 2.05) is 24.3 Å². The number of hydrogen-bond donors (Lipinski definition) is 1. The van der Waals surface area contributed by atoms with E-state index in [9.17, 15) is 4.79 Å². The Morgan fingerprint density at radius 3 is 2.29 bits per heavy atom. The molecule has 0 amide bonds. The summed E-state index contributed by atoms with van der Waals surface area (Å²) in [5.41, 5.74) is 2.55. The molecule has 2 heteroatoms. The highest BCUT2D eigenvalue weighted by molar-refractivity contribution is 5.87. The van der Waals surface area contributed by atoms with Crippen molar-refractivity contribution in [2.24, 2.45) is 0 Å². The molecule has 1 atom stereocenters. The first-order valence-corrected chi connectivity index (χ1v) is 5.56. The van der Waals surface area contributed by atoms with E-state index in [0.717, 1.165) is 5.56 Å². The first kappa shape index (κ1) is 11.4. The van der Waals surface area contributed by atoms with Crippen LogP contribution in [0.3, 0.4) is 0 Å². The van der Waals surface area contributed by atoms with Gasteiger partial charge in [0, 0.05) is 5.92 Å². The monoisotopic (exact) mass is 226 g/mol. The predicted molar refractivity (Wildman–Crippen MR) is 67.4 cm³/mol. The zero-order valence-electron chi connectivity index (χ0n) is 9.63. The van der Waals surface area contributed by atoms with E-state index in [1.54, 1.807) is 18.2 Å². The summed E-state index contributed by atoms with van der Waals surface area (Å²) in [6.07, 6.45) is 0. The minimum Gasteiger partial charge on any atom is -0.478 e. The maximum absolute atomic E-state index is 10.9. The molecule has 0 saturated carbocycles. The van der Waals surface area contributed by atoms with Crippen LogP contribution in [0.4, 0.5) is 0 Å². The van der Waals surface area contributed by atoms with Crippen LogP contribution in [0.5, 0.6) is 0 Å². The van der Waals surface area contributed by atoms with Gasteiger partial charge in [-0.25, -0.2) is 4.79 Å². The van der Waals surface area contributed by atoms with E-state index in [4.69, 9.17) is 5.11 Å². The van der Waals surface area contributed by atoms with Crippen LogP contribution in [0.1, 0.15) is 34.3 Å². The summed E-state index contributed by atoms with van der Waals surface area (Å²) in [5, 5.41) is 8.96. The zero-order chi connectivity index (χ0) is 12.3. The molecule has 2 rings (SSSR count). The Balaban J connectivity index is 2.34. The van der Waals surface area contributed by atoms with Gasteiger partial charge >= 0.3 is 5.97 Å². The number of benzene rings is 2. The summed E-state index contributed by atoms with van der Waals surface area (Å²) < 4.78 is 0. The van der Waals surface area contributed by atoms with E-state index >= 15 is 0 Å². The number of hydrogen-bond acceptors (Lipinski definition) is 1. The van der Waals surface area contributed by atoms with Gasteiger partial charge in [-0.05, 0) is 23.3 Å². The lowest BCUT2D eigenvalue weighted by Crippen LogP contribution is -2.00. The summed E-state index contributed by atoms with van der Waals surface area (Å²) in [4.78, 5) is 10.9. The molecule has 0 aliphatic carbocycles. The third-order valence-electron chi connectivity index (χ3n) is 2.93. The van der Waals surface area contributed by atoms with Crippen molar-refractivity contribution < 1.29 is 9.90 Å². The Labute approximate surface area is 101 Å². The van der Waals surface area contributed by atoms with Crippen LogP contribution in [0, 0.1) is 0 Å². The van der Waals surface area contributed by atoms with Gasteiger partial charge in [0.1, 0.15) is 0 Å². The quantitative estimate of drug-likeness (QED) is 0.869. The molecule has 17 heavy (non-hydrogen) atoms. The Hall–Kier alpha value is -2.09. The van der Waals surface area contributed by atoms with Crippen molar-refractivity contribution in [2.75, 3.05) is 0 Å². The molecular formula is C15H14O2. The lowest BCUT2D eigenvalue weighted by Gasteiger charge is -2.12. The topological polar surface area (TPSA) is 37.3 Å². The largest absolute Gasteiger partial charge is 0.478 e. The van der Waals surface area contributed by atoms with Crippen LogP contribution < -0.4 is 0 Å². The molecule has 0 saturated heterocycles. The fraction of sp³-hybridized carbons (Fsp3) is 0.133. The highest BCUT2D eigenvalue weighted by atomic mass is 16.4. The summed E-state index contributed by atoms with van der Waals surface area (Å²) >= 11 is 0. The number of aromatic carboxylic acids is 1. The average molecular weight is 226 g/mol. The van der Waals surface area contributed by atoms with Crippen molar-refractivity contribution in [2.45, 2.75) is 12.8 Å². The van der Waals surface area contributed by atoms with Gasteiger partial charge in [-0.2, -0.15) is 0 Å². The second-order valence-corrected chi connectivity index (χ2v) is 4.06. The molecule has 2 nitrogen and oxygen atoms in total. The van der Waals surface area contributed by atoms with Crippen LogP contribution in [0.15, 0.2) is 54.6 Å². The van der Waals surface area contributed by atoms with Gasteiger partial charge in [0.15, 0.2) is 0 Å². The molecule has 0 fully saturated rings. The van der Waals surface area contributed by atoms with Crippen molar-refractivity contribution in [1.82, 2.24) is 0 Å². The molecule has 0 spiro atoms. The van der Waals surface area contributed by atoms with E-state index < -0.39 is 5.97 Å². The number of rotatable bonds is 3. The van der Waals surface area contributed by atoms with Gasteiger partial charge in [-0.3, -0.25) is 0 Å². The molecule has 0 aliphatic heterocycles. The van der Waals surface area contributed by atoms with Gasteiger partial charge in [-0.1, -0.05) is 49.4 Å². The van der Waals surface area contributed by atoms with Gasteiger partial charge < -0.3 is 5.11 Å². The SMILES string of the molecule is CC(c1ccccc1)c1cccc(C(=O)O)c1. The third-order valence-corrected chi connectivity index (χ3v) is 2.93. The molecular weight excluding hydrogens is 212 g/mol. The first-order valence-electron chi connectivity index (χ1n) is 5.56. The summed E-state index contributed by atoms with van der Waals surface area (Å²) in [6, 6.07) is 17.2. The second-order valence-electron chi connectivity index (χ2n) is 4.06. The zero-order valence-corrected chi connectivity index (χ0v) is 9.63. The molecule has 0 aromatic heterocycles. The molecule has 2 aromatic rings. The number of carbonyl (C=O) groups is 1. The summed E-state index contributed by atoms with van der Waals surface area (Å²) in [6.45, 7) is 2.08. The van der Waals surface area contributed by atoms with Crippen molar-refractivity contribution in [3.8, 4) is 0 Å². The second kappa shape index (κ2) is 4.83. The lowest BCUT2D eigenvalue weighted by atomic mass is 9.92. The van der Waals surface area contributed by atoms with Crippen LogP contribution in [-0.4, -0.2) is 11.1 Å². The third kappa shape index (κ3) is 2.53. The molecule has 1 N–H and O–H groups in total. The van der Waals surface area contributed by atoms with E-state index in [-0.39, 0.29) is 5.92 Å². The summed E-state index contributed by atoms with van der Waals surface area (Å²) in [7, 11) is 0. The van der Waals surface area contributed by atoms with Crippen LogP contribution in [0.25, 0.3) is 0 Å². The molecule has 2 aromatic carbocycles. The molecule has 86 valence electrons. The van der Waals surface area contributed by atoms with Crippen LogP contribution >= 0.6 is 0 Å². The normalized spacial score (nSPS) is 12.1. The molecule has 0 bridgehead atoms. The molecule has 0 heterocycles. The Morgan fingerprint density at radius 2 is 1.65 bits per heavy atom. The highest BCUT2D eigenvalue weighted by Gasteiger charge is 2.10. The molecule has 0 radical (unpaired) electrons. The van der Waals surface area contributed by atoms with Crippen LogP contribution in [-0.2, 0) is 0 Å². The van der Waals surface area contributed by atoms with Crippen LogP contribution in [0.2, 0.25) is 0 Å². The van der Waals surface area contributed by atoms with Crippen molar-refractivity contribution >= 4 is 5.97 Å². The minimum atomic E-state index is -0.882. The lowest BCUT2D eigenvalue weighted by molar-refractivity contribution is 0.0697. The Morgan fingerprint density at radius 1 is 1.00 bits per heavy atom. The minimum absolute atomic E-state index is 0.204. The number of carboxylic acids is 1. The Bertz CT molecular complexity index is 517. The van der Waals surface area contributed by atoms with Crippen molar-refractivity contribution in [3.05, 3.63) is 71.3 Å². The van der Waals surface area contributed by atoms with Gasteiger partial charge in [0.05, 0.1) is 5.56 Å². The van der Waals surface area contributed by atoms with Gasteiger partial charge in [0.25, 0.3) is 0 Å². The van der Waals surface area contributed by atoms with E-state index in [1.165, 1.54) is 5.56 Å².